The molecular weight excluding hydrogens is 282 g/mol. The fourth-order valence-electron chi connectivity index (χ4n) is 4.13. The Balaban J connectivity index is 2.20. The second-order valence-corrected chi connectivity index (χ2v) is 8.35. The van der Waals surface area contributed by atoms with E-state index in [1.165, 1.54) is 19.3 Å². The summed E-state index contributed by atoms with van der Waals surface area (Å²) in [6.07, 6.45) is 7.13. The second-order valence-electron chi connectivity index (χ2n) is 8.00. The van der Waals surface area contributed by atoms with Crippen molar-refractivity contribution in [3.05, 3.63) is 17.0 Å². The van der Waals surface area contributed by atoms with Crippen molar-refractivity contribution in [1.29, 1.82) is 0 Å². The molecule has 4 heteroatoms. The summed E-state index contributed by atoms with van der Waals surface area (Å²) in [5, 5.41) is 4.24. The van der Waals surface area contributed by atoms with Gasteiger partial charge in [-0.2, -0.15) is 0 Å². The number of rotatable bonds is 4. The summed E-state index contributed by atoms with van der Waals surface area (Å²) in [5.41, 5.74) is 1.78. The standard InChI is InChI=1S/C17H28ClN3/c1-6-7-13-14(18)19-11-20-15(13)21-12-8-16(2,3)10-17(4,5)9-12/h11-12H,6-10H2,1-5H3,(H,19,20,21). The highest BCUT2D eigenvalue weighted by molar-refractivity contribution is 6.30. The summed E-state index contributed by atoms with van der Waals surface area (Å²) in [6.45, 7) is 11.6. The largest absolute Gasteiger partial charge is 0.367 e. The third kappa shape index (κ3) is 4.32. The Kier molecular flexibility index (Phi) is 4.82. The molecule has 0 aliphatic heterocycles. The summed E-state index contributed by atoms with van der Waals surface area (Å²) >= 11 is 6.25. The molecule has 0 aromatic carbocycles. The molecule has 0 amide bonds. The van der Waals surface area contributed by atoms with Crippen LogP contribution in [0.4, 0.5) is 5.82 Å². The molecule has 21 heavy (non-hydrogen) atoms. The Labute approximate surface area is 133 Å². The molecule has 1 aliphatic carbocycles. The highest BCUT2D eigenvalue weighted by atomic mass is 35.5. The fourth-order valence-corrected chi connectivity index (χ4v) is 4.36. The number of nitrogens with zero attached hydrogens (tertiary/aromatic N) is 2. The number of anilines is 1. The third-order valence-corrected chi connectivity index (χ3v) is 4.61. The van der Waals surface area contributed by atoms with E-state index in [9.17, 15) is 0 Å². The highest BCUT2D eigenvalue weighted by Crippen LogP contribution is 2.46. The second kappa shape index (κ2) is 6.12. The van der Waals surface area contributed by atoms with Crippen LogP contribution in [-0.2, 0) is 6.42 Å². The predicted octanol–water partition coefficient (Wildman–Crippen LogP) is 5.10. The molecule has 1 aromatic rings. The van der Waals surface area contributed by atoms with Crippen LogP contribution in [0.1, 0.15) is 65.9 Å². The number of aromatic nitrogens is 2. The van der Waals surface area contributed by atoms with Gasteiger partial charge in [0.1, 0.15) is 17.3 Å². The van der Waals surface area contributed by atoms with Crippen molar-refractivity contribution in [3.63, 3.8) is 0 Å². The van der Waals surface area contributed by atoms with E-state index in [4.69, 9.17) is 11.6 Å². The van der Waals surface area contributed by atoms with Gasteiger partial charge in [-0.3, -0.25) is 0 Å². The molecule has 0 bridgehead atoms. The molecule has 1 saturated carbocycles. The first-order chi connectivity index (χ1) is 9.72. The van der Waals surface area contributed by atoms with E-state index < -0.39 is 0 Å². The van der Waals surface area contributed by atoms with Gasteiger partial charge < -0.3 is 5.32 Å². The summed E-state index contributed by atoms with van der Waals surface area (Å²) < 4.78 is 0. The van der Waals surface area contributed by atoms with Crippen molar-refractivity contribution in [2.45, 2.75) is 72.8 Å². The summed E-state index contributed by atoms with van der Waals surface area (Å²) in [7, 11) is 0. The molecule has 0 unspecified atom stereocenters. The van der Waals surface area contributed by atoms with Gasteiger partial charge in [0.05, 0.1) is 0 Å². The fraction of sp³-hybridized carbons (Fsp3) is 0.765. The zero-order valence-corrected chi connectivity index (χ0v) is 14.7. The molecular formula is C17H28ClN3. The van der Waals surface area contributed by atoms with Crippen LogP contribution in [-0.4, -0.2) is 16.0 Å². The SMILES string of the molecule is CCCc1c(Cl)ncnc1NC1CC(C)(C)CC(C)(C)C1. The van der Waals surface area contributed by atoms with Crippen LogP contribution >= 0.6 is 11.6 Å². The van der Waals surface area contributed by atoms with Gasteiger partial charge >= 0.3 is 0 Å². The minimum atomic E-state index is 0.362. The first-order valence-corrected chi connectivity index (χ1v) is 8.36. The summed E-state index contributed by atoms with van der Waals surface area (Å²) in [4.78, 5) is 8.56. The molecule has 1 fully saturated rings. The van der Waals surface area contributed by atoms with Crippen LogP contribution in [0.2, 0.25) is 5.15 Å². The first-order valence-electron chi connectivity index (χ1n) is 7.98. The average molecular weight is 310 g/mol. The van der Waals surface area contributed by atoms with Gasteiger partial charge in [0, 0.05) is 11.6 Å². The molecule has 118 valence electrons. The van der Waals surface area contributed by atoms with Crippen LogP contribution in [0, 0.1) is 10.8 Å². The monoisotopic (exact) mass is 309 g/mol. The Morgan fingerprint density at radius 2 is 1.81 bits per heavy atom. The highest BCUT2D eigenvalue weighted by Gasteiger charge is 2.38. The number of hydrogen-bond donors (Lipinski definition) is 1. The Morgan fingerprint density at radius 3 is 2.38 bits per heavy atom. The maximum atomic E-state index is 6.25. The normalized spacial score (nSPS) is 21.2. The van der Waals surface area contributed by atoms with E-state index in [0.29, 0.717) is 22.0 Å². The van der Waals surface area contributed by atoms with Crippen molar-refractivity contribution < 1.29 is 0 Å². The first kappa shape index (κ1) is 16.5. The maximum Gasteiger partial charge on any atom is 0.137 e. The minimum absolute atomic E-state index is 0.362. The lowest BCUT2D eigenvalue weighted by Gasteiger charge is -2.45. The minimum Gasteiger partial charge on any atom is -0.367 e. The lowest BCUT2D eigenvalue weighted by molar-refractivity contribution is 0.105. The van der Waals surface area contributed by atoms with Crippen LogP contribution in [0.25, 0.3) is 0 Å². The van der Waals surface area contributed by atoms with Crippen molar-refractivity contribution >= 4 is 17.4 Å². The lowest BCUT2D eigenvalue weighted by atomic mass is 9.63. The number of nitrogens with one attached hydrogen (secondary N) is 1. The smallest absolute Gasteiger partial charge is 0.137 e. The molecule has 1 aromatic heterocycles. The zero-order valence-electron chi connectivity index (χ0n) is 14.0. The van der Waals surface area contributed by atoms with E-state index in [1.54, 1.807) is 6.33 Å². The summed E-state index contributed by atoms with van der Waals surface area (Å²) in [6, 6.07) is 0.449. The van der Waals surface area contributed by atoms with Crippen molar-refractivity contribution in [1.82, 2.24) is 9.97 Å². The molecule has 1 N–H and O–H groups in total. The van der Waals surface area contributed by atoms with E-state index in [2.05, 4.69) is 49.9 Å². The zero-order chi connectivity index (χ0) is 15.7. The molecule has 3 nitrogen and oxygen atoms in total. The van der Waals surface area contributed by atoms with Gasteiger partial charge in [0.2, 0.25) is 0 Å². The van der Waals surface area contributed by atoms with E-state index in [0.717, 1.165) is 24.2 Å². The van der Waals surface area contributed by atoms with Gasteiger partial charge in [-0.1, -0.05) is 52.6 Å². The van der Waals surface area contributed by atoms with Crippen LogP contribution in [0.3, 0.4) is 0 Å². The molecule has 0 atom stereocenters. The van der Waals surface area contributed by atoms with Gasteiger partial charge in [-0.15, -0.1) is 0 Å². The molecule has 1 aliphatic rings. The van der Waals surface area contributed by atoms with Gasteiger partial charge in [-0.05, 0) is 36.5 Å². The Hall–Kier alpha value is -0.830. The van der Waals surface area contributed by atoms with Gasteiger partial charge in [0.25, 0.3) is 0 Å². The van der Waals surface area contributed by atoms with E-state index in [-0.39, 0.29) is 0 Å². The molecule has 1 heterocycles. The summed E-state index contributed by atoms with van der Waals surface area (Å²) in [5.74, 6) is 0.926. The van der Waals surface area contributed by atoms with E-state index in [1.807, 2.05) is 0 Å². The van der Waals surface area contributed by atoms with Crippen molar-refractivity contribution in [3.8, 4) is 0 Å². The molecule has 0 saturated heterocycles. The van der Waals surface area contributed by atoms with Crippen LogP contribution in [0.15, 0.2) is 6.33 Å². The van der Waals surface area contributed by atoms with Gasteiger partial charge in [-0.25, -0.2) is 9.97 Å². The third-order valence-electron chi connectivity index (χ3n) is 4.29. The van der Waals surface area contributed by atoms with E-state index >= 15 is 0 Å². The predicted molar refractivity (Wildman–Crippen MR) is 89.9 cm³/mol. The maximum absolute atomic E-state index is 6.25. The number of halogens is 1. The molecule has 0 radical (unpaired) electrons. The number of hydrogen-bond acceptors (Lipinski definition) is 3. The van der Waals surface area contributed by atoms with Crippen molar-refractivity contribution in [2.75, 3.05) is 5.32 Å². The topological polar surface area (TPSA) is 37.8 Å². The van der Waals surface area contributed by atoms with Crippen LogP contribution in [0.5, 0.6) is 0 Å². The average Bonchev–Trinajstić information content (AvgIpc) is 2.29. The molecule has 2 rings (SSSR count). The van der Waals surface area contributed by atoms with Gasteiger partial charge in [0.15, 0.2) is 0 Å². The lowest BCUT2D eigenvalue weighted by Crippen LogP contribution is -2.40. The quantitative estimate of drug-likeness (QED) is 0.786. The Morgan fingerprint density at radius 1 is 1.19 bits per heavy atom. The molecule has 0 spiro atoms. The Bertz CT molecular complexity index is 481. The van der Waals surface area contributed by atoms with Crippen molar-refractivity contribution in [2.24, 2.45) is 10.8 Å². The van der Waals surface area contributed by atoms with Crippen LogP contribution < -0.4 is 5.32 Å².